The molecule has 0 radical (unpaired) electrons. The molecule has 1 atom stereocenters. The predicted octanol–water partition coefficient (Wildman–Crippen LogP) is 1.96. The molecular weight excluding hydrogens is 250 g/mol. The molecule has 1 saturated carbocycles. The van der Waals surface area contributed by atoms with Crippen LogP contribution < -0.4 is 5.32 Å². The molecule has 0 spiro atoms. The zero-order valence-corrected chi connectivity index (χ0v) is 12.3. The van der Waals surface area contributed by atoms with Crippen molar-refractivity contribution in [1.29, 1.82) is 0 Å². The van der Waals surface area contributed by atoms with Crippen molar-refractivity contribution in [2.45, 2.75) is 38.3 Å². The van der Waals surface area contributed by atoms with Crippen molar-refractivity contribution in [3.63, 3.8) is 0 Å². The van der Waals surface area contributed by atoms with Gasteiger partial charge in [0.2, 0.25) is 0 Å². The molecule has 1 heterocycles. The summed E-state index contributed by atoms with van der Waals surface area (Å²) in [6.07, 6.45) is 3.32. The summed E-state index contributed by atoms with van der Waals surface area (Å²) in [6, 6.07) is 8.25. The number of rotatable bonds is 6. The molecule has 1 aliphatic rings. The summed E-state index contributed by atoms with van der Waals surface area (Å²) in [6.45, 7) is 3.09. The lowest BCUT2D eigenvalue weighted by Gasteiger charge is -2.33. The molecule has 1 unspecified atom stereocenters. The van der Waals surface area contributed by atoms with Crippen LogP contribution in [0.25, 0.3) is 11.0 Å². The van der Waals surface area contributed by atoms with Crippen LogP contribution >= 0.6 is 0 Å². The maximum absolute atomic E-state index is 9.93. The molecule has 108 valence electrons. The van der Waals surface area contributed by atoms with Crippen molar-refractivity contribution in [1.82, 2.24) is 14.9 Å². The topological polar surface area (TPSA) is 50.1 Å². The number of aryl methyl sites for hydroxylation is 1. The first-order valence-electron chi connectivity index (χ1n) is 7.48. The van der Waals surface area contributed by atoms with E-state index in [9.17, 15) is 5.11 Å². The van der Waals surface area contributed by atoms with Gasteiger partial charge in [-0.15, -0.1) is 0 Å². The highest BCUT2D eigenvalue weighted by molar-refractivity contribution is 5.75. The van der Waals surface area contributed by atoms with E-state index in [1.807, 2.05) is 13.1 Å². The van der Waals surface area contributed by atoms with Crippen molar-refractivity contribution in [2.75, 3.05) is 13.7 Å². The van der Waals surface area contributed by atoms with E-state index in [4.69, 9.17) is 4.98 Å². The Balaban J connectivity index is 2.04. The lowest BCUT2D eigenvalue weighted by Crippen LogP contribution is -2.52. The Bertz CT molecular complexity index is 597. The van der Waals surface area contributed by atoms with E-state index >= 15 is 0 Å². The van der Waals surface area contributed by atoms with Crippen molar-refractivity contribution in [2.24, 2.45) is 5.92 Å². The molecule has 1 aromatic heterocycles. The van der Waals surface area contributed by atoms with Gasteiger partial charge in [-0.3, -0.25) is 0 Å². The second kappa shape index (κ2) is 5.19. The van der Waals surface area contributed by atoms with Gasteiger partial charge in [-0.1, -0.05) is 19.1 Å². The lowest BCUT2D eigenvalue weighted by molar-refractivity contribution is 0.130. The Kier molecular flexibility index (Phi) is 3.52. The molecular formula is C16H23N3O. The fourth-order valence-electron chi connectivity index (χ4n) is 3.16. The predicted molar refractivity (Wildman–Crippen MR) is 80.7 cm³/mol. The van der Waals surface area contributed by atoms with Crippen LogP contribution in [0.2, 0.25) is 0 Å². The van der Waals surface area contributed by atoms with E-state index in [0.29, 0.717) is 5.92 Å². The number of aliphatic hydroxyl groups is 1. The largest absolute Gasteiger partial charge is 0.394 e. The SMILES string of the molecule is CCc1nc2ccccc2n1CC(CO)(NC)C1CC1. The third-order valence-corrected chi connectivity index (χ3v) is 4.63. The summed E-state index contributed by atoms with van der Waals surface area (Å²) in [5, 5.41) is 13.3. The highest BCUT2D eigenvalue weighted by Crippen LogP contribution is 2.40. The average molecular weight is 273 g/mol. The van der Waals surface area contributed by atoms with Gasteiger partial charge in [0, 0.05) is 13.0 Å². The Morgan fingerprint density at radius 1 is 1.40 bits per heavy atom. The number of fused-ring (bicyclic) bond motifs is 1. The lowest BCUT2D eigenvalue weighted by atomic mass is 9.94. The molecule has 1 fully saturated rings. The first-order chi connectivity index (χ1) is 9.74. The summed E-state index contributed by atoms with van der Waals surface area (Å²) in [5.74, 6) is 1.67. The van der Waals surface area contributed by atoms with Crippen LogP contribution in [-0.2, 0) is 13.0 Å². The minimum Gasteiger partial charge on any atom is -0.394 e. The minimum absolute atomic E-state index is 0.170. The maximum atomic E-state index is 9.93. The van der Waals surface area contributed by atoms with Gasteiger partial charge in [-0.2, -0.15) is 0 Å². The van der Waals surface area contributed by atoms with E-state index in [-0.39, 0.29) is 12.1 Å². The number of hydrogen-bond acceptors (Lipinski definition) is 3. The van der Waals surface area contributed by atoms with Gasteiger partial charge in [-0.25, -0.2) is 4.98 Å². The van der Waals surface area contributed by atoms with Crippen molar-refractivity contribution >= 4 is 11.0 Å². The standard InChI is InChI=1S/C16H23N3O/c1-3-15-18-13-6-4-5-7-14(13)19(15)10-16(11-20,17-2)12-8-9-12/h4-7,12,17,20H,3,8-11H2,1-2H3. The van der Waals surface area contributed by atoms with Crippen molar-refractivity contribution in [3.8, 4) is 0 Å². The number of imidazole rings is 1. The average Bonchev–Trinajstić information content (AvgIpc) is 3.28. The van der Waals surface area contributed by atoms with E-state index in [0.717, 1.165) is 29.8 Å². The highest BCUT2D eigenvalue weighted by Gasteiger charge is 2.44. The van der Waals surface area contributed by atoms with Crippen molar-refractivity contribution in [3.05, 3.63) is 30.1 Å². The van der Waals surface area contributed by atoms with Gasteiger partial charge in [0.1, 0.15) is 5.82 Å². The van der Waals surface area contributed by atoms with Crippen LogP contribution in [0.1, 0.15) is 25.6 Å². The molecule has 20 heavy (non-hydrogen) atoms. The number of aromatic nitrogens is 2. The van der Waals surface area contributed by atoms with E-state index in [2.05, 4.69) is 35.0 Å². The van der Waals surface area contributed by atoms with E-state index < -0.39 is 0 Å². The molecule has 0 aliphatic heterocycles. The van der Waals surface area contributed by atoms with Crippen molar-refractivity contribution < 1.29 is 5.11 Å². The summed E-state index contributed by atoms with van der Waals surface area (Å²) in [7, 11) is 1.96. The third-order valence-electron chi connectivity index (χ3n) is 4.63. The second-order valence-electron chi connectivity index (χ2n) is 5.79. The monoisotopic (exact) mass is 273 g/mol. The fraction of sp³-hybridized carbons (Fsp3) is 0.562. The number of nitrogens with zero attached hydrogens (tertiary/aromatic N) is 2. The fourth-order valence-corrected chi connectivity index (χ4v) is 3.16. The highest BCUT2D eigenvalue weighted by atomic mass is 16.3. The molecule has 4 nitrogen and oxygen atoms in total. The van der Waals surface area contributed by atoms with Crippen LogP contribution in [0.15, 0.2) is 24.3 Å². The third kappa shape index (κ3) is 2.13. The summed E-state index contributed by atoms with van der Waals surface area (Å²) in [5.41, 5.74) is 1.99. The Morgan fingerprint density at radius 3 is 2.75 bits per heavy atom. The zero-order valence-electron chi connectivity index (χ0n) is 12.3. The molecule has 1 aliphatic carbocycles. The van der Waals surface area contributed by atoms with Crippen LogP contribution in [0.3, 0.4) is 0 Å². The first-order valence-corrected chi connectivity index (χ1v) is 7.48. The minimum atomic E-state index is -0.215. The number of aliphatic hydroxyl groups excluding tert-OH is 1. The summed E-state index contributed by atoms with van der Waals surface area (Å²) < 4.78 is 2.28. The van der Waals surface area contributed by atoms with Crippen LogP contribution in [0.4, 0.5) is 0 Å². The molecule has 0 amide bonds. The van der Waals surface area contributed by atoms with Gasteiger partial charge in [-0.05, 0) is 37.9 Å². The normalized spacial score (nSPS) is 18.4. The number of likely N-dealkylation sites (N-methyl/N-ethyl adjacent to an activating group) is 1. The quantitative estimate of drug-likeness (QED) is 0.846. The summed E-state index contributed by atoms with van der Waals surface area (Å²) >= 11 is 0. The number of para-hydroxylation sites is 2. The van der Waals surface area contributed by atoms with E-state index in [1.54, 1.807) is 0 Å². The van der Waals surface area contributed by atoms with Crippen LogP contribution in [-0.4, -0.2) is 33.9 Å². The molecule has 0 saturated heterocycles. The second-order valence-corrected chi connectivity index (χ2v) is 5.79. The number of benzene rings is 1. The van der Waals surface area contributed by atoms with Gasteiger partial charge in [0.15, 0.2) is 0 Å². The maximum Gasteiger partial charge on any atom is 0.109 e. The summed E-state index contributed by atoms with van der Waals surface area (Å²) in [4.78, 5) is 4.72. The van der Waals surface area contributed by atoms with Crippen LogP contribution in [0, 0.1) is 5.92 Å². The van der Waals surface area contributed by atoms with Gasteiger partial charge >= 0.3 is 0 Å². The smallest absolute Gasteiger partial charge is 0.109 e. The molecule has 2 aromatic rings. The van der Waals surface area contributed by atoms with Gasteiger partial charge in [0.05, 0.1) is 23.2 Å². The van der Waals surface area contributed by atoms with Gasteiger partial charge in [0.25, 0.3) is 0 Å². The number of nitrogens with one attached hydrogen (secondary N) is 1. The van der Waals surface area contributed by atoms with Crippen LogP contribution in [0.5, 0.6) is 0 Å². The van der Waals surface area contributed by atoms with E-state index in [1.165, 1.54) is 12.8 Å². The number of hydrogen-bond donors (Lipinski definition) is 2. The van der Waals surface area contributed by atoms with Gasteiger partial charge < -0.3 is 15.0 Å². The Labute approximate surface area is 119 Å². The Hall–Kier alpha value is -1.39. The molecule has 0 bridgehead atoms. The molecule has 2 N–H and O–H groups in total. The first kappa shape index (κ1) is 13.6. The molecule has 3 rings (SSSR count). The molecule has 4 heteroatoms. The molecule has 1 aromatic carbocycles. The Morgan fingerprint density at radius 2 is 2.15 bits per heavy atom. The zero-order chi connectivity index (χ0) is 14.2.